The van der Waals surface area contributed by atoms with Crippen molar-refractivity contribution >= 4 is 86.5 Å². The van der Waals surface area contributed by atoms with Gasteiger partial charge >= 0.3 is 11.9 Å². The van der Waals surface area contributed by atoms with Crippen LogP contribution in [-0.2, 0) is 29.6 Å². The predicted molar refractivity (Wildman–Crippen MR) is 192 cm³/mol. The van der Waals surface area contributed by atoms with E-state index in [-0.39, 0.29) is 28.7 Å². The summed E-state index contributed by atoms with van der Waals surface area (Å²) in [7, 11) is 0.563. The van der Waals surface area contributed by atoms with Crippen molar-refractivity contribution < 1.29 is 36.6 Å². The van der Waals surface area contributed by atoms with Crippen molar-refractivity contribution in [2.24, 2.45) is 0 Å². The Balaban J connectivity index is 0.00000600. The number of hydrogen-bond acceptors (Lipinski definition) is 10. The summed E-state index contributed by atoms with van der Waals surface area (Å²) in [6.07, 6.45) is 0. The number of carboxylic acids is 2. The minimum atomic E-state index is -4.28. The molecule has 16 heteroatoms. The summed E-state index contributed by atoms with van der Waals surface area (Å²) < 4.78 is 57.9. The average Bonchev–Trinajstić information content (AvgIpc) is 3.00. The first-order chi connectivity index (χ1) is 21.6. The molecule has 0 bridgehead atoms. The predicted octanol–water partition coefficient (Wildman–Crippen LogP) is 4.31. The summed E-state index contributed by atoms with van der Waals surface area (Å²) in [5, 5.41) is 21.8. The van der Waals surface area contributed by atoms with E-state index in [9.17, 15) is 36.6 Å². The zero-order valence-corrected chi connectivity index (χ0v) is 28.6. The molecule has 2 unspecified atom stereocenters. The van der Waals surface area contributed by atoms with Crippen LogP contribution in [0.5, 0.6) is 0 Å². The number of carbonyl (C=O) groups is 2. The molecule has 0 aliphatic carbocycles. The van der Waals surface area contributed by atoms with Crippen LogP contribution < -0.4 is 19.2 Å². The van der Waals surface area contributed by atoms with Crippen molar-refractivity contribution in [2.75, 3.05) is 49.5 Å². The molecule has 0 saturated carbocycles. The van der Waals surface area contributed by atoms with Crippen LogP contribution in [0.1, 0.15) is 7.43 Å². The Kier molecular flexibility index (Phi) is 12.6. The van der Waals surface area contributed by atoms with Crippen LogP contribution in [0.15, 0.2) is 82.6 Å². The Bertz CT molecular complexity index is 1840. The first-order valence-corrected chi connectivity index (χ1v) is 19.2. The smallest absolute Gasteiger partial charge is 0.322 e. The number of rotatable bonds is 15. The lowest BCUT2D eigenvalue weighted by atomic mass is 10.1. The summed E-state index contributed by atoms with van der Waals surface area (Å²) in [5.41, 5.74) is 1.58. The van der Waals surface area contributed by atoms with Crippen molar-refractivity contribution in [3.8, 4) is 0 Å². The van der Waals surface area contributed by atoms with Gasteiger partial charge in [-0.3, -0.25) is 9.59 Å². The molecule has 4 N–H and O–H groups in total. The molecule has 0 fully saturated rings. The number of carboxylic acid groups (broad SMARTS) is 2. The van der Waals surface area contributed by atoms with E-state index in [0.717, 1.165) is 33.0 Å². The van der Waals surface area contributed by atoms with Crippen molar-refractivity contribution in [1.29, 1.82) is 0 Å². The maximum Gasteiger partial charge on any atom is 0.322 e. The Morgan fingerprint density at radius 3 is 1.26 bits per heavy atom. The van der Waals surface area contributed by atoms with Crippen LogP contribution in [0, 0.1) is 0 Å². The van der Waals surface area contributed by atoms with Gasteiger partial charge in [0.05, 0.1) is 9.79 Å². The molecule has 12 nitrogen and oxygen atoms in total. The summed E-state index contributed by atoms with van der Waals surface area (Å²) in [5.74, 6) is -3.37. The van der Waals surface area contributed by atoms with Crippen LogP contribution in [0.3, 0.4) is 0 Å². The largest absolute Gasteiger partial charge is 0.480 e. The average molecular weight is 723 g/mol. The van der Waals surface area contributed by atoms with Crippen LogP contribution in [0.25, 0.3) is 21.5 Å². The summed E-state index contributed by atoms with van der Waals surface area (Å²) >= 11 is 0. The second-order valence-electron chi connectivity index (χ2n) is 10.6. The first-order valence-electron chi connectivity index (χ1n) is 13.8. The Labute approximate surface area is 283 Å². The maximum absolute atomic E-state index is 13.4. The van der Waals surface area contributed by atoms with Crippen LogP contribution in [-0.4, -0.2) is 90.8 Å². The van der Waals surface area contributed by atoms with Crippen LogP contribution in [0.2, 0.25) is 0 Å². The molecular formula is C31H38N4O8S4. The van der Waals surface area contributed by atoms with E-state index in [0.29, 0.717) is 21.5 Å². The molecule has 0 saturated heterocycles. The van der Waals surface area contributed by atoms with Crippen molar-refractivity contribution in [2.45, 2.75) is 29.3 Å². The Hall–Kier alpha value is -3.54. The molecule has 4 aromatic carbocycles. The molecule has 0 aliphatic rings. The number of fused-ring (bicyclic) bond motifs is 2. The van der Waals surface area contributed by atoms with E-state index >= 15 is 0 Å². The second-order valence-corrected chi connectivity index (χ2v) is 16.6. The van der Waals surface area contributed by atoms with Gasteiger partial charge in [-0.1, -0.05) is 77.5 Å². The van der Waals surface area contributed by atoms with E-state index in [2.05, 4.69) is 9.44 Å². The van der Waals surface area contributed by atoms with Gasteiger partial charge in [-0.2, -0.15) is 9.44 Å². The Morgan fingerprint density at radius 2 is 0.936 bits per heavy atom. The molecule has 254 valence electrons. The standard InChI is InChI=1S/C30H34N4O8S4.CH4/c1-33(2)25-13-5-11-21-19(25)9-7-15-27(21)45(39,40)31-23(29(35)36)17-43-44-18-24(30(37)38)32-46(41,42)28-16-8-10-20-22(28)12-6-14-26(20)34(3)4;/h5-16,23-24,31-32H,17-18H2,1-4H3,(H,35,36)(H,37,38);1H4. The fourth-order valence-corrected chi connectivity index (χ4v) is 10.2. The van der Waals surface area contributed by atoms with Gasteiger partial charge in [0.2, 0.25) is 20.0 Å². The van der Waals surface area contributed by atoms with Gasteiger partial charge < -0.3 is 20.0 Å². The van der Waals surface area contributed by atoms with E-state index in [4.69, 9.17) is 0 Å². The van der Waals surface area contributed by atoms with Gasteiger partial charge in [0.1, 0.15) is 12.1 Å². The SMILES string of the molecule is C.CN(C)c1cccc2c(S(=O)(=O)NC(CSSCC(NS(=O)(=O)c3cccc4c(N(C)C)cccc34)C(=O)O)C(=O)O)cccc12. The normalized spacial score (nSPS) is 13.1. The Morgan fingerprint density at radius 1 is 0.617 bits per heavy atom. The third-order valence-electron chi connectivity index (χ3n) is 7.00. The van der Waals surface area contributed by atoms with E-state index in [1.54, 1.807) is 48.5 Å². The van der Waals surface area contributed by atoms with E-state index < -0.39 is 44.1 Å². The van der Waals surface area contributed by atoms with Crippen LogP contribution in [0.4, 0.5) is 11.4 Å². The molecule has 0 radical (unpaired) electrons. The van der Waals surface area contributed by atoms with Crippen LogP contribution >= 0.6 is 21.6 Å². The molecular weight excluding hydrogens is 685 g/mol. The molecule has 4 rings (SSSR count). The minimum absolute atomic E-state index is 0. The van der Waals surface area contributed by atoms with Gasteiger partial charge in [-0.25, -0.2) is 16.8 Å². The molecule has 47 heavy (non-hydrogen) atoms. The van der Waals surface area contributed by atoms with Crippen molar-refractivity contribution in [3.05, 3.63) is 72.8 Å². The highest BCUT2D eigenvalue weighted by Crippen LogP contribution is 2.32. The molecule has 2 atom stereocenters. The quantitative estimate of drug-likeness (QED) is 0.101. The lowest BCUT2D eigenvalue weighted by molar-refractivity contribution is -0.139. The summed E-state index contributed by atoms with van der Waals surface area (Å²) in [4.78, 5) is 27.6. The molecule has 0 spiro atoms. The monoisotopic (exact) mass is 722 g/mol. The highest BCUT2D eigenvalue weighted by atomic mass is 33.1. The fraction of sp³-hybridized carbons (Fsp3) is 0.290. The fourth-order valence-electron chi connectivity index (χ4n) is 4.82. The number of aliphatic carboxylic acids is 2. The van der Waals surface area contributed by atoms with Gasteiger partial charge in [-0.05, 0) is 24.3 Å². The first kappa shape index (κ1) is 37.9. The number of anilines is 2. The highest BCUT2D eigenvalue weighted by molar-refractivity contribution is 8.76. The van der Waals surface area contributed by atoms with Crippen molar-refractivity contribution in [1.82, 2.24) is 9.44 Å². The van der Waals surface area contributed by atoms with Gasteiger partial charge in [0, 0.05) is 72.6 Å². The third kappa shape index (κ3) is 8.69. The minimum Gasteiger partial charge on any atom is -0.480 e. The number of nitrogens with zero attached hydrogens (tertiary/aromatic N) is 2. The molecule has 0 amide bonds. The molecule has 4 aromatic rings. The lowest BCUT2D eigenvalue weighted by Gasteiger charge is -2.19. The van der Waals surface area contributed by atoms with Gasteiger partial charge in [0.15, 0.2) is 0 Å². The topological polar surface area (TPSA) is 173 Å². The van der Waals surface area contributed by atoms with Crippen molar-refractivity contribution in [3.63, 3.8) is 0 Å². The third-order valence-corrected chi connectivity index (χ3v) is 12.5. The molecule has 0 aromatic heterocycles. The van der Waals surface area contributed by atoms with Gasteiger partial charge in [0.25, 0.3) is 0 Å². The highest BCUT2D eigenvalue weighted by Gasteiger charge is 2.29. The number of nitrogens with one attached hydrogen (secondary N) is 2. The van der Waals surface area contributed by atoms with Gasteiger partial charge in [-0.15, -0.1) is 0 Å². The number of benzene rings is 4. The number of hydrogen-bond donors (Lipinski definition) is 4. The zero-order valence-electron chi connectivity index (χ0n) is 25.4. The lowest BCUT2D eigenvalue weighted by Crippen LogP contribution is -2.43. The molecule has 0 aliphatic heterocycles. The maximum atomic E-state index is 13.4. The summed E-state index contributed by atoms with van der Waals surface area (Å²) in [6.45, 7) is 0. The zero-order chi connectivity index (χ0) is 33.8. The summed E-state index contributed by atoms with van der Waals surface area (Å²) in [6, 6.07) is 16.8. The second kappa shape index (κ2) is 15.6. The van der Waals surface area contributed by atoms with E-state index in [1.807, 2.05) is 50.1 Å². The van der Waals surface area contributed by atoms with E-state index in [1.165, 1.54) is 12.1 Å². The number of sulfonamides is 2. The molecule has 0 heterocycles.